The highest BCUT2D eigenvalue weighted by atomic mass is 16.5. The smallest absolute Gasteiger partial charge is 0.239 e. The molecule has 112 valence electrons. The number of hydrogen-bond donors (Lipinski definition) is 3. The van der Waals surface area contributed by atoms with Crippen molar-refractivity contribution in [2.45, 2.75) is 39.2 Å². The summed E-state index contributed by atoms with van der Waals surface area (Å²) in [6.07, 6.45) is 3.36. The third-order valence-corrected chi connectivity index (χ3v) is 3.37. The molecule has 0 aromatic carbocycles. The van der Waals surface area contributed by atoms with E-state index in [0.717, 1.165) is 6.42 Å². The van der Waals surface area contributed by atoms with E-state index in [1.807, 2.05) is 6.07 Å². The molecule has 1 aromatic heterocycles. The first-order valence-corrected chi connectivity index (χ1v) is 7.35. The van der Waals surface area contributed by atoms with E-state index >= 15 is 0 Å². The van der Waals surface area contributed by atoms with Crippen LogP contribution in [0, 0.1) is 11.8 Å². The third-order valence-electron chi connectivity index (χ3n) is 3.37. The van der Waals surface area contributed by atoms with Crippen molar-refractivity contribution in [1.82, 2.24) is 4.98 Å². The molecule has 5 nitrogen and oxygen atoms in total. The maximum absolute atomic E-state index is 9.40. The van der Waals surface area contributed by atoms with Crippen LogP contribution >= 0.6 is 0 Å². The second-order valence-electron chi connectivity index (χ2n) is 6.00. The van der Waals surface area contributed by atoms with Gasteiger partial charge < -0.3 is 20.9 Å². The van der Waals surface area contributed by atoms with Crippen LogP contribution in [0.3, 0.4) is 0 Å². The molecular formula is C15H25N3O2. The van der Waals surface area contributed by atoms with Crippen LogP contribution in [0.1, 0.15) is 33.1 Å². The Morgan fingerprint density at radius 3 is 2.80 bits per heavy atom. The quantitative estimate of drug-likeness (QED) is 0.680. The van der Waals surface area contributed by atoms with E-state index < -0.39 is 0 Å². The Hall–Kier alpha value is -1.49. The second kappa shape index (κ2) is 6.79. The number of aliphatic hydroxyl groups excluding tert-OH is 1. The number of nitrogens with zero attached hydrogens (tertiary/aromatic N) is 1. The molecule has 1 heterocycles. The molecule has 5 heteroatoms. The van der Waals surface area contributed by atoms with Crippen LogP contribution < -0.4 is 15.8 Å². The standard InChI is InChI=1S/C15H25N3O2/c1-10(2)7-12(8-19)17-14-6-5-13(16)15(18-14)20-9-11-3-4-11/h5-6,10-12,19H,3-4,7-9,16H2,1-2H3,(H,17,18). The molecule has 1 aromatic rings. The summed E-state index contributed by atoms with van der Waals surface area (Å²) >= 11 is 0. The highest BCUT2D eigenvalue weighted by Crippen LogP contribution is 2.30. The summed E-state index contributed by atoms with van der Waals surface area (Å²) in [6, 6.07) is 3.62. The fraction of sp³-hybridized carbons (Fsp3) is 0.667. The molecule has 0 amide bonds. The van der Waals surface area contributed by atoms with Gasteiger partial charge in [0.1, 0.15) is 5.82 Å². The first-order chi connectivity index (χ1) is 9.58. The Labute approximate surface area is 120 Å². The van der Waals surface area contributed by atoms with Gasteiger partial charge in [-0.25, -0.2) is 0 Å². The van der Waals surface area contributed by atoms with Gasteiger partial charge in [-0.3, -0.25) is 0 Å². The van der Waals surface area contributed by atoms with Gasteiger partial charge in [0.05, 0.1) is 24.9 Å². The highest BCUT2D eigenvalue weighted by Gasteiger charge is 2.22. The lowest BCUT2D eigenvalue weighted by atomic mass is 10.0. The summed E-state index contributed by atoms with van der Waals surface area (Å²) in [6.45, 7) is 5.04. The van der Waals surface area contributed by atoms with Gasteiger partial charge in [0.15, 0.2) is 0 Å². The van der Waals surface area contributed by atoms with Crippen LogP contribution in [0.15, 0.2) is 12.1 Å². The van der Waals surface area contributed by atoms with Gasteiger partial charge in [-0.2, -0.15) is 4.98 Å². The number of rotatable bonds is 8. The van der Waals surface area contributed by atoms with E-state index in [2.05, 4.69) is 24.1 Å². The molecule has 1 fully saturated rings. The van der Waals surface area contributed by atoms with Gasteiger partial charge in [0, 0.05) is 0 Å². The Morgan fingerprint density at radius 1 is 1.45 bits per heavy atom. The van der Waals surface area contributed by atoms with Crippen LogP contribution in [0.25, 0.3) is 0 Å². The predicted molar refractivity (Wildman–Crippen MR) is 80.8 cm³/mol. The average Bonchev–Trinajstić information content (AvgIpc) is 3.22. The summed E-state index contributed by atoms with van der Waals surface area (Å²) in [5.41, 5.74) is 6.43. The molecule has 20 heavy (non-hydrogen) atoms. The zero-order valence-electron chi connectivity index (χ0n) is 12.3. The maximum Gasteiger partial charge on any atom is 0.239 e. The monoisotopic (exact) mass is 279 g/mol. The summed E-state index contributed by atoms with van der Waals surface area (Å²) < 4.78 is 5.66. The van der Waals surface area contributed by atoms with E-state index in [1.165, 1.54) is 12.8 Å². The van der Waals surface area contributed by atoms with E-state index in [4.69, 9.17) is 10.5 Å². The molecule has 1 unspecified atom stereocenters. The number of ether oxygens (including phenoxy) is 1. The summed E-state index contributed by atoms with van der Waals surface area (Å²) in [5, 5.41) is 12.6. The molecule has 0 saturated heterocycles. The number of hydrogen-bond acceptors (Lipinski definition) is 5. The number of pyridine rings is 1. The van der Waals surface area contributed by atoms with Gasteiger partial charge in [-0.15, -0.1) is 0 Å². The van der Waals surface area contributed by atoms with E-state index in [9.17, 15) is 5.11 Å². The summed E-state index contributed by atoms with van der Waals surface area (Å²) in [4.78, 5) is 4.40. The number of anilines is 2. The minimum absolute atomic E-state index is 0.00223. The molecule has 0 radical (unpaired) electrons. The third kappa shape index (κ3) is 4.56. The molecular weight excluding hydrogens is 254 g/mol. The number of nitrogens with two attached hydrogens (primary N) is 1. The first-order valence-electron chi connectivity index (χ1n) is 7.35. The molecule has 1 aliphatic rings. The van der Waals surface area contributed by atoms with Crippen LogP contribution in [0.5, 0.6) is 5.88 Å². The normalized spacial score (nSPS) is 16.2. The molecule has 1 saturated carbocycles. The first kappa shape index (κ1) is 14.9. The molecule has 0 aliphatic heterocycles. The maximum atomic E-state index is 9.40. The van der Waals surface area contributed by atoms with E-state index in [-0.39, 0.29) is 12.6 Å². The number of aliphatic hydroxyl groups is 1. The molecule has 4 N–H and O–H groups in total. The fourth-order valence-corrected chi connectivity index (χ4v) is 2.09. The molecule has 0 spiro atoms. The fourth-order valence-electron chi connectivity index (χ4n) is 2.09. The molecule has 1 aliphatic carbocycles. The lowest BCUT2D eigenvalue weighted by Crippen LogP contribution is -2.26. The van der Waals surface area contributed by atoms with Crippen molar-refractivity contribution in [3.63, 3.8) is 0 Å². The number of nitrogens with one attached hydrogen (secondary N) is 1. The SMILES string of the molecule is CC(C)CC(CO)Nc1ccc(N)c(OCC2CC2)n1. The van der Waals surface area contributed by atoms with Crippen molar-refractivity contribution in [2.24, 2.45) is 11.8 Å². The second-order valence-corrected chi connectivity index (χ2v) is 6.00. The summed E-state index contributed by atoms with van der Waals surface area (Å²) in [7, 11) is 0. The van der Waals surface area contributed by atoms with Gasteiger partial charge in [-0.1, -0.05) is 13.8 Å². The average molecular weight is 279 g/mol. The Kier molecular flexibility index (Phi) is 5.06. The minimum Gasteiger partial charge on any atom is -0.476 e. The summed E-state index contributed by atoms with van der Waals surface area (Å²) in [5.74, 6) is 2.37. The van der Waals surface area contributed by atoms with E-state index in [1.54, 1.807) is 6.07 Å². The van der Waals surface area contributed by atoms with Crippen LogP contribution in [0.4, 0.5) is 11.5 Å². The molecule has 2 rings (SSSR count). The van der Waals surface area contributed by atoms with Crippen molar-refractivity contribution >= 4 is 11.5 Å². The predicted octanol–water partition coefficient (Wildman–Crippen LogP) is 2.27. The molecule has 0 bridgehead atoms. The van der Waals surface area contributed by atoms with Crippen molar-refractivity contribution in [2.75, 3.05) is 24.3 Å². The number of aromatic nitrogens is 1. The van der Waals surface area contributed by atoms with Crippen LogP contribution in [-0.2, 0) is 0 Å². The minimum atomic E-state index is 0.00223. The van der Waals surface area contributed by atoms with Gasteiger partial charge >= 0.3 is 0 Å². The zero-order valence-corrected chi connectivity index (χ0v) is 12.3. The van der Waals surface area contributed by atoms with Crippen molar-refractivity contribution in [3.05, 3.63) is 12.1 Å². The van der Waals surface area contributed by atoms with Gasteiger partial charge in [-0.05, 0) is 43.2 Å². The molecule has 1 atom stereocenters. The van der Waals surface area contributed by atoms with Crippen LogP contribution in [-0.4, -0.2) is 29.3 Å². The van der Waals surface area contributed by atoms with Gasteiger partial charge in [0.2, 0.25) is 5.88 Å². The van der Waals surface area contributed by atoms with Crippen LogP contribution in [0.2, 0.25) is 0 Å². The topological polar surface area (TPSA) is 80.4 Å². The van der Waals surface area contributed by atoms with Crippen molar-refractivity contribution < 1.29 is 9.84 Å². The number of nitrogen functional groups attached to an aromatic ring is 1. The van der Waals surface area contributed by atoms with Crippen molar-refractivity contribution in [3.8, 4) is 5.88 Å². The van der Waals surface area contributed by atoms with E-state index in [0.29, 0.717) is 35.8 Å². The van der Waals surface area contributed by atoms with Gasteiger partial charge in [0.25, 0.3) is 0 Å². The Balaban J connectivity index is 1.97. The Bertz CT molecular complexity index is 433. The zero-order chi connectivity index (χ0) is 14.5. The largest absolute Gasteiger partial charge is 0.476 e. The lowest BCUT2D eigenvalue weighted by Gasteiger charge is -2.19. The lowest BCUT2D eigenvalue weighted by molar-refractivity contribution is 0.258. The highest BCUT2D eigenvalue weighted by molar-refractivity contribution is 5.53. The Morgan fingerprint density at radius 2 is 2.20 bits per heavy atom. The van der Waals surface area contributed by atoms with Crippen molar-refractivity contribution in [1.29, 1.82) is 0 Å².